The summed E-state index contributed by atoms with van der Waals surface area (Å²) >= 11 is 7.26. The van der Waals surface area contributed by atoms with Gasteiger partial charge < -0.3 is 5.32 Å². The van der Waals surface area contributed by atoms with E-state index in [0.717, 1.165) is 22.2 Å². The molecule has 0 saturated carbocycles. The first-order chi connectivity index (χ1) is 11.7. The molecule has 0 bridgehead atoms. The lowest BCUT2D eigenvalue weighted by molar-refractivity contribution is 0.103. The van der Waals surface area contributed by atoms with E-state index in [1.54, 1.807) is 23.3 Å². The van der Waals surface area contributed by atoms with Gasteiger partial charge in [-0.2, -0.15) is 10.2 Å². The predicted octanol–water partition coefficient (Wildman–Crippen LogP) is 3.77. The molecule has 2 N–H and O–H groups in total. The first kappa shape index (κ1) is 14.9. The molecule has 0 aliphatic rings. The maximum Gasteiger partial charge on any atom is 0.265 e. The van der Waals surface area contributed by atoms with Gasteiger partial charge in [0.05, 0.1) is 34.4 Å². The Morgan fingerprint density at radius 1 is 1.33 bits per heavy atom. The highest BCUT2D eigenvalue weighted by Crippen LogP contribution is 2.20. The van der Waals surface area contributed by atoms with Crippen LogP contribution in [0.2, 0.25) is 5.02 Å². The molecule has 8 heteroatoms. The van der Waals surface area contributed by atoms with Gasteiger partial charge in [-0.05, 0) is 35.2 Å². The van der Waals surface area contributed by atoms with E-state index >= 15 is 0 Å². The van der Waals surface area contributed by atoms with Crippen molar-refractivity contribution in [2.24, 2.45) is 0 Å². The number of aromatic amines is 1. The van der Waals surface area contributed by atoms with Gasteiger partial charge in [0.2, 0.25) is 0 Å². The molecule has 1 amide bonds. The highest BCUT2D eigenvalue weighted by molar-refractivity contribution is 7.12. The average molecular weight is 358 g/mol. The lowest BCUT2D eigenvalue weighted by atomic mass is 10.2. The Morgan fingerprint density at radius 3 is 3.08 bits per heavy atom. The maximum absolute atomic E-state index is 12.4. The van der Waals surface area contributed by atoms with Crippen LogP contribution >= 0.6 is 22.9 Å². The number of aromatic nitrogens is 4. The minimum atomic E-state index is -0.136. The molecule has 4 rings (SSSR count). The monoisotopic (exact) mass is 357 g/mol. The molecule has 0 saturated heterocycles. The molecule has 120 valence electrons. The second kappa shape index (κ2) is 6.10. The van der Waals surface area contributed by atoms with Crippen LogP contribution in [0.15, 0.2) is 48.2 Å². The highest BCUT2D eigenvalue weighted by Gasteiger charge is 2.11. The zero-order valence-electron chi connectivity index (χ0n) is 12.4. The second-order valence-corrected chi connectivity index (χ2v) is 6.65. The van der Waals surface area contributed by atoms with Gasteiger partial charge in [-0.15, -0.1) is 11.3 Å². The summed E-state index contributed by atoms with van der Waals surface area (Å²) < 4.78 is 1.73. The van der Waals surface area contributed by atoms with Crippen molar-refractivity contribution in [3.8, 4) is 0 Å². The Labute approximate surface area is 146 Å². The third-order valence-electron chi connectivity index (χ3n) is 3.52. The van der Waals surface area contributed by atoms with Gasteiger partial charge in [-0.1, -0.05) is 11.6 Å². The van der Waals surface area contributed by atoms with Crippen LogP contribution in [0.4, 0.5) is 5.69 Å². The number of carbonyl (C=O) groups excluding carboxylic acids is 1. The molecule has 0 atom stereocenters. The third kappa shape index (κ3) is 3.04. The largest absolute Gasteiger partial charge is 0.321 e. The van der Waals surface area contributed by atoms with Gasteiger partial charge in [0, 0.05) is 17.3 Å². The molecule has 6 nitrogen and oxygen atoms in total. The number of fused-ring (bicyclic) bond motifs is 1. The summed E-state index contributed by atoms with van der Waals surface area (Å²) in [6, 6.07) is 7.50. The van der Waals surface area contributed by atoms with Gasteiger partial charge >= 0.3 is 0 Å². The number of rotatable bonds is 4. The number of amides is 1. The van der Waals surface area contributed by atoms with Crippen molar-refractivity contribution >= 4 is 45.4 Å². The lowest BCUT2D eigenvalue weighted by Gasteiger charge is -2.03. The van der Waals surface area contributed by atoms with Crippen molar-refractivity contribution in [1.82, 2.24) is 20.0 Å². The minimum Gasteiger partial charge on any atom is -0.321 e. The van der Waals surface area contributed by atoms with Gasteiger partial charge in [-0.3, -0.25) is 14.6 Å². The quantitative estimate of drug-likeness (QED) is 0.583. The molecule has 0 unspecified atom stereocenters. The lowest BCUT2D eigenvalue weighted by Crippen LogP contribution is -2.10. The number of thiophene rings is 1. The van der Waals surface area contributed by atoms with Gasteiger partial charge in [-0.25, -0.2) is 0 Å². The van der Waals surface area contributed by atoms with E-state index in [9.17, 15) is 4.79 Å². The van der Waals surface area contributed by atoms with Crippen LogP contribution in [0.1, 0.15) is 15.2 Å². The van der Waals surface area contributed by atoms with Gasteiger partial charge in [0.25, 0.3) is 5.91 Å². The Balaban J connectivity index is 1.48. The summed E-state index contributed by atoms with van der Waals surface area (Å²) in [6.45, 7) is 0.580. The number of anilines is 1. The predicted molar refractivity (Wildman–Crippen MR) is 94.7 cm³/mol. The minimum absolute atomic E-state index is 0.136. The fraction of sp³-hybridized carbons (Fsp3) is 0.0625. The number of carbonyl (C=O) groups is 1. The Hall–Kier alpha value is -2.64. The maximum atomic E-state index is 12.4. The molecule has 1 aromatic carbocycles. The molecule has 24 heavy (non-hydrogen) atoms. The third-order valence-corrected chi connectivity index (χ3v) is 4.70. The highest BCUT2D eigenvalue weighted by atomic mass is 35.5. The van der Waals surface area contributed by atoms with Gasteiger partial charge in [0.15, 0.2) is 0 Å². The van der Waals surface area contributed by atoms with Crippen LogP contribution in [-0.4, -0.2) is 25.9 Å². The van der Waals surface area contributed by atoms with Crippen molar-refractivity contribution in [1.29, 1.82) is 0 Å². The number of hydrogen-bond acceptors (Lipinski definition) is 4. The Bertz CT molecular complexity index is 1020. The summed E-state index contributed by atoms with van der Waals surface area (Å²) in [7, 11) is 0. The van der Waals surface area contributed by atoms with Crippen LogP contribution in [0, 0.1) is 0 Å². The molecule has 0 radical (unpaired) electrons. The van der Waals surface area contributed by atoms with E-state index in [2.05, 4.69) is 20.6 Å². The molecule has 3 aromatic heterocycles. The van der Waals surface area contributed by atoms with Crippen molar-refractivity contribution in [3.05, 3.63) is 63.7 Å². The van der Waals surface area contributed by atoms with Crippen LogP contribution in [0.5, 0.6) is 0 Å². The summed E-state index contributed by atoms with van der Waals surface area (Å²) in [6.07, 6.45) is 5.08. The molecule has 0 fully saturated rings. The average Bonchev–Trinajstić information content (AvgIpc) is 3.28. The van der Waals surface area contributed by atoms with Crippen molar-refractivity contribution in [3.63, 3.8) is 0 Å². The van der Waals surface area contributed by atoms with Crippen LogP contribution in [0.3, 0.4) is 0 Å². The summed E-state index contributed by atoms with van der Waals surface area (Å²) in [5, 5.41) is 17.4. The van der Waals surface area contributed by atoms with Gasteiger partial charge in [0.1, 0.15) is 0 Å². The van der Waals surface area contributed by atoms with Crippen molar-refractivity contribution in [2.75, 3.05) is 5.32 Å². The van der Waals surface area contributed by atoms with E-state index in [0.29, 0.717) is 16.4 Å². The number of nitrogens with zero attached hydrogens (tertiary/aromatic N) is 3. The number of nitrogens with one attached hydrogen (secondary N) is 2. The molecule has 0 spiro atoms. The standard InChI is InChI=1S/C16H12ClN5OS/c17-12-6-19-22(8-12)7-10-3-15(24-9-10)16(23)20-13-2-1-11-5-18-21-14(11)4-13/h1-6,8-9H,7H2,(H,18,21)(H,20,23). The molecular formula is C16H12ClN5OS. The Kier molecular flexibility index (Phi) is 3.79. The van der Waals surface area contributed by atoms with E-state index in [4.69, 9.17) is 11.6 Å². The van der Waals surface area contributed by atoms with Crippen LogP contribution in [-0.2, 0) is 6.54 Å². The van der Waals surface area contributed by atoms with Crippen molar-refractivity contribution in [2.45, 2.75) is 6.54 Å². The molecule has 0 aliphatic heterocycles. The van der Waals surface area contributed by atoms with E-state index in [-0.39, 0.29) is 5.91 Å². The topological polar surface area (TPSA) is 75.6 Å². The molecule has 3 heterocycles. The van der Waals surface area contributed by atoms with Crippen molar-refractivity contribution < 1.29 is 4.79 Å². The molecular weight excluding hydrogens is 346 g/mol. The number of hydrogen-bond donors (Lipinski definition) is 2. The smallest absolute Gasteiger partial charge is 0.265 e. The van der Waals surface area contributed by atoms with Crippen LogP contribution in [0.25, 0.3) is 10.9 Å². The summed E-state index contributed by atoms with van der Waals surface area (Å²) in [5.41, 5.74) is 2.62. The second-order valence-electron chi connectivity index (χ2n) is 5.30. The normalized spacial score (nSPS) is 11.0. The summed E-state index contributed by atoms with van der Waals surface area (Å²) in [4.78, 5) is 13.0. The SMILES string of the molecule is O=C(Nc1ccc2cn[nH]c2c1)c1cc(Cn2cc(Cl)cn2)cs1. The first-order valence-electron chi connectivity index (χ1n) is 7.17. The van der Waals surface area contributed by atoms with E-state index in [1.165, 1.54) is 11.3 Å². The van der Waals surface area contributed by atoms with E-state index in [1.807, 2.05) is 29.6 Å². The molecule has 4 aromatic rings. The fourth-order valence-corrected chi connectivity index (χ4v) is 3.35. The van der Waals surface area contributed by atoms with E-state index < -0.39 is 0 Å². The van der Waals surface area contributed by atoms with Crippen LogP contribution < -0.4 is 5.32 Å². The summed E-state index contributed by atoms with van der Waals surface area (Å²) in [5.74, 6) is -0.136. The fourth-order valence-electron chi connectivity index (χ4n) is 2.40. The number of halogens is 1. The zero-order chi connectivity index (χ0) is 16.5. The molecule has 0 aliphatic carbocycles. The first-order valence-corrected chi connectivity index (χ1v) is 8.43. The zero-order valence-corrected chi connectivity index (χ0v) is 13.9. The number of benzene rings is 1. The number of H-pyrrole nitrogens is 1. The Morgan fingerprint density at radius 2 is 2.25 bits per heavy atom.